The molecule has 0 heterocycles. The van der Waals surface area contributed by atoms with Crippen LogP contribution in [0.5, 0.6) is 0 Å². The van der Waals surface area contributed by atoms with Gasteiger partial charge in [-0.3, -0.25) is 4.99 Å². The van der Waals surface area contributed by atoms with Crippen LogP contribution in [-0.2, 0) is 6.54 Å². The van der Waals surface area contributed by atoms with Crippen LogP contribution >= 0.6 is 0 Å². The van der Waals surface area contributed by atoms with E-state index in [-0.39, 0.29) is 0 Å². The molecule has 0 fully saturated rings. The van der Waals surface area contributed by atoms with Crippen molar-refractivity contribution in [3.05, 3.63) is 95.6 Å². The second kappa shape index (κ2) is 8.86. The maximum Gasteiger partial charge on any atom is 0.161 e. The van der Waals surface area contributed by atoms with Crippen LogP contribution in [0, 0.1) is 5.92 Å². The first-order chi connectivity index (χ1) is 12.8. The quantitative estimate of drug-likeness (QED) is 0.538. The van der Waals surface area contributed by atoms with Gasteiger partial charge in [0.25, 0.3) is 0 Å². The Morgan fingerprint density at radius 1 is 1.00 bits per heavy atom. The van der Waals surface area contributed by atoms with E-state index in [9.17, 15) is 0 Å². The molecule has 130 valence electrons. The molecule has 1 aliphatic rings. The molecule has 0 saturated carbocycles. The van der Waals surface area contributed by atoms with Crippen molar-refractivity contribution in [2.24, 2.45) is 20.9 Å². The Balaban J connectivity index is 1.96. The minimum atomic E-state index is 0.546. The molecule has 0 spiro atoms. The molecule has 0 N–H and O–H groups in total. The lowest BCUT2D eigenvalue weighted by molar-refractivity contribution is 0.734. The zero-order valence-corrected chi connectivity index (χ0v) is 15.0. The van der Waals surface area contributed by atoms with Crippen molar-refractivity contribution >= 4 is 18.4 Å². The van der Waals surface area contributed by atoms with E-state index in [1.54, 1.807) is 0 Å². The largest absolute Gasteiger partial charge is 0.261 e. The number of aliphatic imine (C=N–C) groups is 3. The summed E-state index contributed by atoms with van der Waals surface area (Å²) in [6.45, 7) is 6.48. The molecule has 0 saturated heterocycles. The van der Waals surface area contributed by atoms with Crippen molar-refractivity contribution in [2.75, 3.05) is 0 Å². The van der Waals surface area contributed by atoms with Gasteiger partial charge < -0.3 is 0 Å². The average Bonchev–Trinajstić information content (AvgIpc) is 2.70. The molecule has 1 aliphatic carbocycles. The van der Waals surface area contributed by atoms with Gasteiger partial charge >= 0.3 is 0 Å². The van der Waals surface area contributed by atoms with Gasteiger partial charge in [-0.25, -0.2) is 9.98 Å². The molecule has 0 radical (unpaired) electrons. The normalized spacial score (nSPS) is 17.7. The van der Waals surface area contributed by atoms with Gasteiger partial charge in [-0.05, 0) is 24.6 Å². The van der Waals surface area contributed by atoms with Gasteiger partial charge in [0.05, 0.1) is 6.54 Å². The lowest BCUT2D eigenvalue weighted by Crippen LogP contribution is -2.08. The molecule has 3 heteroatoms. The third kappa shape index (κ3) is 4.73. The van der Waals surface area contributed by atoms with Gasteiger partial charge in [0.2, 0.25) is 0 Å². The summed E-state index contributed by atoms with van der Waals surface area (Å²) in [5.74, 6) is 1.83. The van der Waals surface area contributed by atoms with Crippen molar-refractivity contribution in [3.63, 3.8) is 0 Å². The summed E-state index contributed by atoms with van der Waals surface area (Å²) in [4.78, 5) is 13.7. The smallest absolute Gasteiger partial charge is 0.161 e. The molecule has 0 aromatic heterocycles. The lowest BCUT2D eigenvalue weighted by atomic mass is 9.98. The molecule has 26 heavy (non-hydrogen) atoms. The molecule has 3 rings (SSSR count). The third-order valence-electron chi connectivity index (χ3n) is 4.22. The Bertz CT molecular complexity index is 859. The van der Waals surface area contributed by atoms with Gasteiger partial charge in [-0.2, -0.15) is 0 Å². The van der Waals surface area contributed by atoms with Crippen molar-refractivity contribution in [1.82, 2.24) is 0 Å². The van der Waals surface area contributed by atoms with Gasteiger partial charge in [-0.1, -0.05) is 85.8 Å². The van der Waals surface area contributed by atoms with Crippen LogP contribution in [0.4, 0.5) is 0 Å². The van der Waals surface area contributed by atoms with Crippen LogP contribution in [-0.4, -0.2) is 18.4 Å². The van der Waals surface area contributed by atoms with Gasteiger partial charge in [0.15, 0.2) is 11.7 Å². The van der Waals surface area contributed by atoms with Gasteiger partial charge in [-0.15, -0.1) is 0 Å². The van der Waals surface area contributed by atoms with Crippen molar-refractivity contribution in [3.8, 4) is 0 Å². The molecular weight excluding hydrogens is 318 g/mol. The summed E-state index contributed by atoms with van der Waals surface area (Å²) in [5, 5.41) is 0. The summed E-state index contributed by atoms with van der Waals surface area (Å²) in [6.07, 6.45) is 7.50. The van der Waals surface area contributed by atoms with Crippen LogP contribution in [0.2, 0.25) is 0 Å². The monoisotopic (exact) mass is 341 g/mol. The predicted molar refractivity (Wildman–Crippen MR) is 111 cm³/mol. The lowest BCUT2D eigenvalue weighted by Gasteiger charge is -2.12. The number of nitrogens with zero attached hydrogens (tertiary/aromatic N) is 3. The topological polar surface area (TPSA) is 37.1 Å². The van der Waals surface area contributed by atoms with E-state index in [2.05, 4.69) is 49.0 Å². The van der Waals surface area contributed by atoms with Crippen LogP contribution < -0.4 is 0 Å². The molecule has 2 aromatic carbocycles. The van der Waals surface area contributed by atoms with Crippen LogP contribution in [0.15, 0.2) is 99.4 Å². The zero-order chi connectivity index (χ0) is 18.2. The molecule has 3 nitrogen and oxygen atoms in total. The van der Waals surface area contributed by atoms with E-state index in [1.807, 2.05) is 48.5 Å². The molecule has 0 bridgehead atoms. The Hall–Kier alpha value is -3.07. The fourth-order valence-corrected chi connectivity index (χ4v) is 2.71. The number of rotatable bonds is 4. The minimum absolute atomic E-state index is 0.546. The third-order valence-corrected chi connectivity index (χ3v) is 4.22. The molecular formula is C23H23N3. The van der Waals surface area contributed by atoms with E-state index in [1.165, 1.54) is 0 Å². The van der Waals surface area contributed by atoms with Crippen LogP contribution in [0.25, 0.3) is 0 Å². The summed E-state index contributed by atoms with van der Waals surface area (Å²) in [5.41, 5.74) is 3.13. The first-order valence-corrected chi connectivity index (χ1v) is 8.84. The SMILES string of the molecule is C=NC(=NC(=NCc1ccccc1)C1=CCC(C)C=C1)c1ccccc1. The van der Waals surface area contributed by atoms with E-state index in [0.29, 0.717) is 24.1 Å². The standard InChI is InChI=1S/C23H23N3/c1-18-13-15-21(16-14-18)23(25-17-19-9-5-3-6-10-19)26-22(24-2)20-11-7-4-8-12-20/h3-13,15-16,18H,2,14,17H2,1H3. The average molecular weight is 341 g/mol. The van der Waals surface area contributed by atoms with E-state index in [0.717, 1.165) is 23.1 Å². The van der Waals surface area contributed by atoms with Crippen molar-refractivity contribution < 1.29 is 0 Å². The van der Waals surface area contributed by atoms with Crippen molar-refractivity contribution in [2.45, 2.75) is 19.9 Å². The Labute approximate surface area is 155 Å². The van der Waals surface area contributed by atoms with Gasteiger partial charge in [0, 0.05) is 11.1 Å². The zero-order valence-electron chi connectivity index (χ0n) is 15.0. The summed E-state index contributed by atoms with van der Waals surface area (Å²) in [6, 6.07) is 20.1. The second-order valence-electron chi connectivity index (χ2n) is 6.32. The molecule has 1 atom stereocenters. The number of hydrogen-bond donors (Lipinski definition) is 0. The molecule has 0 amide bonds. The number of amidine groups is 2. The highest BCUT2D eigenvalue weighted by molar-refractivity contribution is 6.13. The van der Waals surface area contributed by atoms with Gasteiger partial charge in [0.1, 0.15) is 0 Å². The minimum Gasteiger partial charge on any atom is -0.261 e. The van der Waals surface area contributed by atoms with Crippen molar-refractivity contribution in [1.29, 1.82) is 0 Å². The maximum absolute atomic E-state index is 4.78. The molecule has 1 unspecified atom stereocenters. The second-order valence-corrected chi connectivity index (χ2v) is 6.32. The predicted octanol–water partition coefficient (Wildman–Crippen LogP) is 5.25. The van der Waals surface area contributed by atoms with E-state index >= 15 is 0 Å². The highest BCUT2D eigenvalue weighted by atomic mass is 15.0. The summed E-state index contributed by atoms with van der Waals surface area (Å²) < 4.78 is 0. The number of allylic oxidation sites excluding steroid dienone is 2. The van der Waals surface area contributed by atoms with Crippen LogP contribution in [0.3, 0.4) is 0 Å². The molecule has 2 aromatic rings. The Kier molecular flexibility index (Phi) is 6.05. The Morgan fingerprint density at radius 3 is 2.31 bits per heavy atom. The first kappa shape index (κ1) is 17.7. The summed E-state index contributed by atoms with van der Waals surface area (Å²) >= 11 is 0. The number of hydrogen-bond acceptors (Lipinski definition) is 1. The molecule has 0 aliphatic heterocycles. The van der Waals surface area contributed by atoms with E-state index in [4.69, 9.17) is 9.98 Å². The number of benzene rings is 2. The highest BCUT2D eigenvalue weighted by Crippen LogP contribution is 2.18. The van der Waals surface area contributed by atoms with E-state index < -0.39 is 0 Å². The fraction of sp³-hybridized carbons (Fsp3) is 0.174. The summed E-state index contributed by atoms with van der Waals surface area (Å²) in [7, 11) is 0. The maximum atomic E-state index is 4.78. The highest BCUT2D eigenvalue weighted by Gasteiger charge is 2.11. The fourth-order valence-electron chi connectivity index (χ4n) is 2.71. The first-order valence-electron chi connectivity index (χ1n) is 8.84. The van der Waals surface area contributed by atoms with Crippen LogP contribution in [0.1, 0.15) is 24.5 Å². The Morgan fingerprint density at radius 2 is 1.69 bits per heavy atom.